The first kappa shape index (κ1) is 28.0. The van der Waals surface area contributed by atoms with Crippen LogP contribution in [-0.2, 0) is 19.5 Å². The van der Waals surface area contributed by atoms with Crippen molar-refractivity contribution < 1.29 is 19.7 Å². The largest absolute Gasteiger partial charge is 0.491 e. The van der Waals surface area contributed by atoms with Crippen LogP contribution in [0.2, 0.25) is 0 Å². The van der Waals surface area contributed by atoms with Crippen LogP contribution in [0.1, 0.15) is 27.0 Å². The van der Waals surface area contributed by atoms with Crippen LogP contribution in [0.5, 0.6) is 5.75 Å². The molecule has 3 N–H and O–H groups in total. The van der Waals surface area contributed by atoms with Gasteiger partial charge in [-0.15, -0.1) is 0 Å². The Hall–Kier alpha value is -3.97. The van der Waals surface area contributed by atoms with Crippen LogP contribution in [0.15, 0.2) is 115 Å². The number of ether oxygens (including phenoxy) is 1. The number of amides is 1. The van der Waals surface area contributed by atoms with Gasteiger partial charge in [-0.25, -0.2) is 0 Å². The van der Waals surface area contributed by atoms with Crippen molar-refractivity contribution in [3.63, 3.8) is 0 Å². The van der Waals surface area contributed by atoms with Crippen molar-refractivity contribution in [3.05, 3.63) is 138 Å². The summed E-state index contributed by atoms with van der Waals surface area (Å²) in [5, 5.41) is 24.1. The summed E-state index contributed by atoms with van der Waals surface area (Å²) >= 11 is 0. The zero-order valence-electron chi connectivity index (χ0n) is 22.0. The number of benzene rings is 4. The summed E-state index contributed by atoms with van der Waals surface area (Å²) < 4.78 is 5.76. The van der Waals surface area contributed by atoms with Crippen LogP contribution in [0, 0.1) is 0 Å². The first-order chi connectivity index (χ1) is 19.1. The number of hydrogen-bond donors (Lipinski definition) is 3. The van der Waals surface area contributed by atoms with Crippen LogP contribution in [0.25, 0.3) is 0 Å². The minimum absolute atomic E-state index is 0.0476. The Labute approximate surface area is 230 Å². The van der Waals surface area contributed by atoms with E-state index in [9.17, 15) is 15.0 Å². The topological polar surface area (TPSA) is 82.0 Å². The molecule has 0 fully saturated rings. The number of carbonyl (C=O) groups is 1. The lowest BCUT2D eigenvalue weighted by atomic mass is 10.0. The third-order valence-corrected chi connectivity index (χ3v) is 6.57. The Balaban J connectivity index is 1.37. The number of hydrogen-bond acceptors (Lipinski definition) is 5. The molecule has 39 heavy (non-hydrogen) atoms. The zero-order chi connectivity index (χ0) is 27.3. The first-order valence-electron chi connectivity index (χ1n) is 13.3. The molecule has 202 valence electrons. The predicted octanol–water partition coefficient (Wildman–Crippen LogP) is 4.46. The van der Waals surface area contributed by atoms with E-state index in [2.05, 4.69) is 10.2 Å². The quantitative estimate of drug-likeness (QED) is 0.227. The summed E-state index contributed by atoms with van der Waals surface area (Å²) in [5.41, 5.74) is 3.81. The lowest BCUT2D eigenvalue weighted by Gasteiger charge is -2.32. The van der Waals surface area contributed by atoms with Crippen molar-refractivity contribution in [1.29, 1.82) is 0 Å². The van der Waals surface area contributed by atoms with Gasteiger partial charge in [-0.1, -0.05) is 91.0 Å². The molecular weight excluding hydrogens is 488 g/mol. The molecule has 6 heteroatoms. The van der Waals surface area contributed by atoms with E-state index in [0.29, 0.717) is 37.4 Å². The molecule has 6 nitrogen and oxygen atoms in total. The summed E-state index contributed by atoms with van der Waals surface area (Å²) in [5.74, 6) is 0.608. The Morgan fingerprint density at radius 3 is 2.00 bits per heavy atom. The lowest BCUT2D eigenvalue weighted by molar-refractivity contribution is 0.0335. The van der Waals surface area contributed by atoms with E-state index >= 15 is 0 Å². The molecular formula is C33H36N2O4. The van der Waals surface area contributed by atoms with Gasteiger partial charge in [0.2, 0.25) is 0 Å². The van der Waals surface area contributed by atoms with Crippen molar-refractivity contribution >= 4 is 5.91 Å². The van der Waals surface area contributed by atoms with Gasteiger partial charge in [0, 0.05) is 31.2 Å². The lowest BCUT2D eigenvalue weighted by Crippen LogP contribution is -2.44. The maximum atomic E-state index is 12.3. The summed E-state index contributed by atoms with van der Waals surface area (Å²) in [6, 6.07) is 36.5. The Bertz CT molecular complexity index is 1250. The third kappa shape index (κ3) is 9.07. The van der Waals surface area contributed by atoms with Crippen molar-refractivity contribution in [2.45, 2.75) is 31.7 Å². The second kappa shape index (κ2) is 14.8. The zero-order valence-corrected chi connectivity index (χ0v) is 22.0. The number of aliphatic hydroxyl groups is 2. The highest BCUT2D eigenvalue weighted by molar-refractivity contribution is 5.94. The number of carbonyl (C=O) groups excluding carboxylic acids is 1. The van der Waals surface area contributed by atoms with Gasteiger partial charge in [-0.2, -0.15) is 0 Å². The molecule has 0 aromatic heterocycles. The second-order valence-corrected chi connectivity index (χ2v) is 9.60. The molecule has 0 saturated carbocycles. The van der Waals surface area contributed by atoms with Crippen LogP contribution < -0.4 is 10.1 Å². The molecule has 0 aliphatic heterocycles. The van der Waals surface area contributed by atoms with Crippen LogP contribution in [-0.4, -0.2) is 52.9 Å². The monoisotopic (exact) mass is 524 g/mol. The van der Waals surface area contributed by atoms with Gasteiger partial charge in [0.05, 0.1) is 6.61 Å². The van der Waals surface area contributed by atoms with E-state index < -0.39 is 6.10 Å². The number of nitrogens with zero attached hydrogens (tertiary/aromatic N) is 1. The number of nitrogens with one attached hydrogen (secondary N) is 1. The van der Waals surface area contributed by atoms with Gasteiger partial charge < -0.3 is 20.3 Å². The molecule has 4 rings (SSSR count). The molecule has 0 bridgehead atoms. The van der Waals surface area contributed by atoms with Crippen LogP contribution in [0.4, 0.5) is 0 Å². The Kier molecular flexibility index (Phi) is 10.7. The fourth-order valence-corrected chi connectivity index (χ4v) is 4.44. The molecule has 4 aromatic carbocycles. The number of rotatable bonds is 14. The highest BCUT2D eigenvalue weighted by Gasteiger charge is 2.22. The maximum Gasteiger partial charge on any atom is 0.251 e. The van der Waals surface area contributed by atoms with Gasteiger partial charge in [-0.05, 0) is 47.4 Å². The molecule has 0 heterocycles. The minimum atomic E-state index is -0.724. The summed E-state index contributed by atoms with van der Waals surface area (Å²) in [6.45, 7) is 1.50. The first-order valence-corrected chi connectivity index (χ1v) is 13.3. The minimum Gasteiger partial charge on any atom is -0.491 e. The van der Waals surface area contributed by atoms with Gasteiger partial charge in [0.25, 0.3) is 5.91 Å². The smallest absolute Gasteiger partial charge is 0.251 e. The fourth-order valence-electron chi connectivity index (χ4n) is 4.44. The summed E-state index contributed by atoms with van der Waals surface area (Å²) in [4.78, 5) is 14.4. The average Bonchev–Trinajstić information content (AvgIpc) is 2.99. The van der Waals surface area contributed by atoms with E-state index in [1.54, 1.807) is 12.1 Å². The SMILES string of the molecule is O=C(NCc1ccc(CC(CO)N(Cc2ccccc2)CC(O)COc2ccccc2)cc1)c1ccccc1. The molecule has 0 spiro atoms. The maximum absolute atomic E-state index is 12.3. The summed E-state index contributed by atoms with van der Waals surface area (Å²) in [6.07, 6.45) is -0.106. The predicted molar refractivity (Wildman–Crippen MR) is 153 cm³/mol. The molecule has 0 radical (unpaired) electrons. The van der Waals surface area contributed by atoms with E-state index in [1.807, 2.05) is 103 Å². The van der Waals surface area contributed by atoms with Crippen LogP contribution >= 0.6 is 0 Å². The van der Waals surface area contributed by atoms with Crippen LogP contribution in [0.3, 0.4) is 0 Å². The normalized spacial score (nSPS) is 12.6. The van der Waals surface area contributed by atoms with Gasteiger partial charge in [0.1, 0.15) is 18.5 Å². The highest BCUT2D eigenvalue weighted by atomic mass is 16.5. The number of aliphatic hydroxyl groups excluding tert-OH is 2. The molecule has 2 atom stereocenters. The molecule has 4 aromatic rings. The summed E-state index contributed by atoms with van der Waals surface area (Å²) in [7, 11) is 0. The van der Waals surface area contributed by atoms with E-state index in [4.69, 9.17) is 4.74 Å². The molecule has 0 saturated heterocycles. The van der Waals surface area contributed by atoms with Gasteiger partial charge >= 0.3 is 0 Å². The van der Waals surface area contributed by atoms with Crippen molar-refractivity contribution in [1.82, 2.24) is 10.2 Å². The molecule has 0 aliphatic carbocycles. The fraction of sp³-hybridized carbons (Fsp3) is 0.242. The highest BCUT2D eigenvalue weighted by Crippen LogP contribution is 2.16. The van der Waals surface area contributed by atoms with E-state index in [1.165, 1.54) is 0 Å². The van der Waals surface area contributed by atoms with Crippen molar-refractivity contribution in [3.8, 4) is 5.75 Å². The molecule has 0 aliphatic rings. The van der Waals surface area contributed by atoms with Gasteiger partial charge in [-0.3, -0.25) is 9.69 Å². The standard InChI is InChI=1S/C33H36N2O4/c36-24-30(20-26-16-18-27(19-17-26)21-34-33(38)29-12-6-2-7-13-29)35(22-28-10-4-1-5-11-28)23-31(37)25-39-32-14-8-3-9-15-32/h1-19,30-31,36-37H,20-25H2,(H,34,38). The number of para-hydroxylation sites is 1. The average molecular weight is 525 g/mol. The second-order valence-electron chi connectivity index (χ2n) is 9.60. The molecule has 2 unspecified atom stereocenters. The van der Waals surface area contributed by atoms with Gasteiger partial charge in [0.15, 0.2) is 0 Å². The van der Waals surface area contributed by atoms with Crippen molar-refractivity contribution in [2.24, 2.45) is 0 Å². The van der Waals surface area contributed by atoms with Crippen molar-refractivity contribution in [2.75, 3.05) is 19.8 Å². The molecule has 1 amide bonds. The Morgan fingerprint density at radius 2 is 1.36 bits per heavy atom. The van der Waals surface area contributed by atoms with E-state index in [-0.39, 0.29) is 25.2 Å². The Morgan fingerprint density at radius 1 is 0.769 bits per heavy atom. The van der Waals surface area contributed by atoms with E-state index in [0.717, 1.165) is 16.7 Å². The third-order valence-electron chi connectivity index (χ3n) is 6.57.